The van der Waals surface area contributed by atoms with Gasteiger partial charge in [0.1, 0.15) is 0 Å². The molecule has 1 saturated heterocycles. The van der Waals surface area contributed by atoms with Crippen LogP contribution in [0.3, 0.4) is 0 Å². The van der Waals surface area contributed by atoms with E-state index < -0.39 is 0 Å². The van der Waals surface area contributed by atoms with Crippen molar-refractivity contribution >= 4 is 35.1 Å². The van der Waals surface area contributed by atoms with Gasteiger partial charge in [-0.1, -0.05) is 48.8 Å². The Labute approximate surface area is 159 Å². The number of likely N-dealkylation sites (N-methyl/N-ethyl adjacent to an activating group) is 1. The Kier molecular flexibility index (Phi) is 5.27. The molecule has 1 N–H and O–H groups in total. The summed E-state index contributed by atoms with van der Waals surface area (Å²) in [5, 5.41) is 4.08. The number of piperazine rings is 1. The second-order valence-corrected chi connectivity index (χ2v) is 9.11. The van der Waals surface area contributed by atoms with Crippen molar-refractivity contribution in [3.8, 4) is 0 Å². The van der Waals surface area contributed by atoms with E-state index in [4.69, 9.17) is 0 Å². The van der Waals surface area contributed by atoms with Gasteiger partial charge in [0, 0.05) is 41.2 Å². The molecule has 0 radical (unpaired) electrons. The van der Waals surface area contributed by atoms with Gasteiger partial charge >= 0.3 is 0 Å². The monoisotopic (exact) mass is 371 g/mol. The van der Waals surface area contributed by atoms with E-state index >= 15 is 0 Å². The van der Waals surface area contributed by atoms with Crippen molar-refractivity contribution in [1.29, 1.82) is 0 Å². The first-order valence-electron chi connectivity index (χ1n) is 9.05. The van der Waals surface area contributed by atoms with Crippen LogP contribution in [0.15, 0.2) is 52.3 Å². The molecular formula is C20H25N3S2. The van der Waals surface area contributed by atoms with E-state index in [1.807, 2.05) is 23.7 Å². The van der Waals surface area contributed by atoms with Crippen molar-refractivity contribution < 1.29 is 0 Å². The largest absolute Gasteiger partial charge is 0.354 e. The number of fused-ring (bicyclic) bond motifs is 2. The fourth-order valence-corrected chi connectivity index (χ4v) is 5.40. The fourth-order valence-electron chi connectivity index (χ4n) is 3.35. The molecule has 2 aliphatic rings. The van der Waals surface area contributed by atoms with Crippen molar-refractivity contribution in [3.63, 3.8) is 0 Å². The van der Waals surface area contributed by atoms with Gasteiger partial charge in [-0.2, -0.15) is 0 Å². The average Bonchev–Trinajstić information content (AvgIpc) is 2.66. The van der Waals surface area contributed by atoms with E-state index in [-0.39, 0.29) is 0 Å². The van der Waals surface area contributed by atoms with Crippen molar-refractivity contribution in [2.75, 3.05) is 38.0 Å². The van der Waals surface area contributed by atoms with Crippen molar-refractivity contribution in [3.05, 3.63) is 48.0 Å². The van der Waals surface area contributed by atoms with Crippen LogP contribution >= 0.6 is 23.7 Å². The van der Waals surface area contributed by atoms with Crippen LogP contribution in [0.4, 0.5) is 11.4 Å². The van der Waals surface area contributed by atoms with Crippen molar-refractivity contribution in [2.45, 2.75) is 28.9 Å². The van der Waals surface area contributed by atoms with Gasteiger partial charge in [0.25, 0.3) is 0 Å². The summed E-state index contributed by atoms with van der Waals surface area (Å²) in [6, 6.07) is 15.4. The van der Waals surface area contributed by atoms with Gasteiger partial charge in [-0.15, -0.1) is 0 Å². The molecule has 0 spiro atoms. The number of para-hydroxylation sites is 1. The van der Waals surface area contributed by atoms with Crippen molar-refractivity contribution in [1.82, 2.24) is 9.21 Å². The molecule has 0 saturated carbocycles. The van der Waals surface area contributed by atoms with Crippen LogP contribution in [0, 0.1) is 0 Å². The molecule has 5 heteroatoms. The maximum absolute atomic E-state index is 3.60. The average molecular weight is 372 g/mol. The molecule has 2 aromatic carbocycles. The summed E-state index contributed by atoms with van der Waals surface area (Å²) in [4.78, 5) is 5.15. The second kappa shape index (κ2) is 7.62. The highest BCUT2D eigenvalue weighted by Gasteiger charge is 2.21. The third kappa shape index (κ3) is 3.85. The molecule has 4 rings (SSSR count). The molecular weight excluding hydrogens is 346 g/mol. The summed E-state index contributed by atoms with van der Waals surface area (Å²) in [5.74, 6) is 0. The van der Waals surface area contributed by atoms with Gasteiger partial charge in [0.2, 0.25) is 0 Å². The van der Waals surface area contributed by atoms with E-state index in [0.29, 0.717) is 5.25 Å². The molecule has 0 amide bonds. The van der Waals surface area contributed by atoms with Gasteiger partial charge < -0.3 is 10.2 Å². The number of rotatable bonds is 4. The van der Waals surface area contributed by atoms with Crippen LogP contribution in [0.1, 0.15) is 24.7 Å². The minimum absolute atomic E-state index is 0.474. The quantitative estimate of drug-likeness (QED) is 0.630. The Balaban J connectivity index is 1.44. The second-order valence-electron chi connectivity index (χ2n) is 6.59. The zero-order chi connectivity index (χ0) is 17.2. The maximum atomic E-state index is 3.60. The maximum Gasteiger partial charge on any atom is 0.0529 e. The Morgan fingerprint density at radius 3 is 2.60 bits per heavy atom. The summed E-state index contributed by atoms with van der Waals surface area (Å²) >= 11 is 3.85. The van der Waals surface area contributed by atoms with E-state index in [0.717, 1.165) is 13.1 Å². The van der Waals surface area contributed by atoms with Crippen LogP contribution in [-0.2, 0) is 0 Å². The molecule has 0 aliphatic carbocycles. The van der Waals surface area contributed by atoms with Crippen LogP contribution < -0.4 is 5.32 Å². The summed E-state index contributed by atoms with van der Waals surface area (Å²) in [7, 11) is 0. The van der Waals surface area contributed by atoms with E-state index in [9.17, 15) is 0 Å². The van der Waals surface area contributed by atoms with Gasteiger partial charge in [-0.25, -0.2) is 4.31 Å². The molecule has 2 aliphatic heterocycles. The van der Waals surface area contributed by atoms with E-state index in [1.54, 1.807) is 0 Å². The molecule has 0 bridgehead atoms. The Hall–Kier alpha value is -1.14. The SMILES string of the molecule is CCN1CCN(SC(C)c2ccc3c(c2)Nc2ccccc2S3)CC1. The molecule has 1 unspecified atom stereocenters. The number of nitrogens with one attached hydrogen (secondary N) is 1. The predicted octanol–water partition coefficient (Wildman–Crippen LogP) is 5.24. The molecule has 132 valence electrons. The van der Waals surface area contributed by atoms with E-state index in [2.05, 4.69) is 70.8 Å². The molecule has 1 atom stereocenters. The van der Waals surface area contributed by atoms with Gasteiger partial charge in [0.15, 0.2) is 0 Å². The van der Waals surface area contributed by atoms with Gasteiger partial charge in [0.05, 0.1) is 11.4 Å². The summed E-state index contributed by atoms with van der Waals surface area (Å²) in [5.41, 5.74) is 3.85. The standard InChI is InChI=1S/C20H25N3S2/c1-3-22-10-12-23(13-11-22)25-15(2)16-8-9-20-18(14-16)21-17-6-4-5-7-19(17)24-20/h4-9,14-15,21H,3,10-13H2,1-2H3. The Morgan fingerprint density at radius 2 is 1.80 bits per heavy atom. The van der Waals surface area contributed by atoms with Crippen LogP contribution in [0.2, 0.25) is 0 Å². The highest BCUT2D eigenvalue weighted by atomic mass is 32.2. The molecule has 2 heterocycles. The van der Waals surface area contributed by atoms with E-state index in [1.165, 1.54) is 46.4 Å². The smallest absolute Gasteiger partial charge is 0.0529 e. The number of benzene rings is 2. The third-order valence-corrected chi connectivity index (χ3v) is 7.34. The molecule has 0 aromatic heterocycles. The molecule has 2 aromatic rings. The highest BCUT2D eigenvalue weighted by molar-refractivity contribution is 7.99. The lowest BCUT2D eigenvalue weighted by Crippen LogP contribution is -2.43. The minimum atomic E-state index is 0.474. The summed E-state index contributed by atoms with van der Waals surface area (Å²) in [6.07, 6.45) is 0. The lowest BCUT2D eigenvalue weighted by molar-refractivity contribution is 0.204. The molecule has 1 fully saturated rings. The lowest BCUT2D eigenvalue weighted by atomic mass is 10.1. The first kappa shape index (κ1) is 17.3. The molecule has 3 nitrogen and oxygen atoms in total. The minimum Gasteiger partial charge on any atom is -0.354 e. The first-order chi connectivity index (χ1) is 12.2. The van der Waals surface area contributed by atoms with Crippen molar-refractivity contribution in [2.24, 2.45) is 0 Å². The number of hydrogen-bond acceptors (Lipinski definition) is 5. The zero-order valence-electron chi connectivity index (χ0n) is 14.9. The van der Waals surface area contributed by atoms with Crippen LogP contribution in [0.25, 0.3) is 0 Å². The normalized spacial score (nSPS) is 19.0. The molecule has 25 heavy (non-hydrogen) atoms. The summed E-state index contributed by atoms with van der Waals surface area (Å²) in [6.45, 7) is 10.4. The Bertz CT molecular complexity index is 741. The van der Waals surface area contributed by atoms with Crippen LogP contribution in [-0.4, -0.2) is 41.9 Å². The number of nitrogens with zero attached hydrogens (tertiary/aromatic N) is 2. The van der Waals surface area contributed by atoms with Gasteiger partial charge in [-0.3, -0.25) is 0 Å². The summed E-state index contributed by atoms with van der Waals surface area (Å²) < 4.78 is 2.54. The van der Waals surface area contributed by atoms with Crippen LogP contribution in [0.5, 0.6) is 0 Å². The third-order valence-electron chi connectivity index (χ3n) is 4.94. The first-order valence-corrected chi connectivity index (χ1v) is 10.7. The predicted molar refractivity (Wildman–Crippen MR) is 110 cm³/mol. The lowest BCUT2D eigenvalue weighted by Gasteiger charge is -2.34. The topological polar surface area (TPSA) is 18.5 Å². The Morgan fingerprint density at radius 1 is 1.04 bits per heavy atom. The fraction of sp³-hybridized carbons (Fsp3) is 0.400. The number of hydrogen-bond donors (Lipinski definition) is 1. The highest BCUT2D eigenvalue weighted by Crippen LogP contribution is 2.45. The zero-order valence-corrected chi connectivity index (χ0v) is 16.5. The number of anilines is 2. The van der Waals surface area contributed by atoms with Gasteiger partial charge in [-0.05, 0) is 43.3 Å².